The topological polar surface area (TPSA) is 20.3 Å². The van der Waals surface area contributed by atoms with Crippen LogP contribution in [0.2, 0.25) is 0 Å². The second kappa shape index (κ2) is 6.79. The van der Waals surface area contributed by atoms with Crippen molar-refractivity contribution in [2.75, 3.05) is 0 Å². The van der Waals surface area contributed by atoms with E-state index in [1.165, 1.54) is 34.6 Å². The molecule has 1 saturated heterocycles. The van der Waals surface area contributed by atoms with Crippen LogP contribution in [0.4, 0.5) is 0 Å². The number of halogens is 1. The van der Waals surface area contributed by atoms with Gasteiger partial charge in [-0.2, -0.15) is 0 Å². The molecule has 2 fully saturated rings. The number of carbonyl (C=O) groups is 1. The summed E-state index contributed by atoms with van der Waals surface area (Å²) in [6.45, 7) is 0. The Hall–Kier alpha value is -0.400. The van der Waals surface area contributed by atoms with E-state index in [1.807, 2.05) is 35.2 Å². The molecule has 5 heteroatoms. The van der Waals surface area contributed by atoms with E-state index in [4.69, 9.17) is 12.2 Å². The Balaban J connectivity index is 1.80. The van der Waals surface area contributed by atoms with Crippen LogP contribution < -0.4 is 0 Å². The maximum Gasteiger partial charge on any atom is 0.266 e. The zero-order valence-corrected chi connectivity index (χ0v) is 15.3. The molecule has 0 atom stereocenters. The number of thioether (sulfide) groups is 1. The second-order valence-corrected chi connectivity index (χ2v) is 8.32. The van der Waals surface area contributed by atoms with Crippen LogP contribution in [0.25, 0.3) is 6.08 Å². The van der Waals surface area contributed by atoms with Crippen molar-refractivity contribution in [1.29, 1.82) is 0 Å². The van der Waals surface area contributed by atoms with Crippen LogP contribution in [0.5, 0.6) is 0 Å². The van der Waals surface area contributed by atoms with Gasteiger partial charge in [-0.1, -0.05) is 55.4 Å². The summed E-state index contributed by atoms with van der Waals surface area (Å²) < 4.78 is 1.92. The molecule has 1 amide bonds. The summed E-state index contributed by atoms with van der Waals surface area (Å²) in [6.07, 6.45) is 7.82. The van der Waals surface area contributed by atoms with Gasteiger partial charge in [0.05, 0.1) is 4.91 Å². The Labute approximate surface area is 148 Å². The van der Waals surface area contributed by atoms with Crippen LogP contribution in [-0.4, -0.2) is 21.2 Å². The van der Waals surface area contributed by atoms with Gasteiger partial charge >= 0.3 is 0 Å². The summed E-state index contributed by atoms with van der Waals surface area (Å²) >= 11 is 9.16. The van der Waals surface area contributed by atoms with Crippen LogP contribution >= 0.6 is 46.6 Å². The van der Waals surface area contributed by atoms with Gasteiger partial charge in [0.15, 0.2) is 0 Å². The summed E-state index contributed by atoms with van der Waals surface area (Å²) in [7, 11) is 0. The average molecular weight is 429 g/mol. The van der Waals surface area contributed by atoms with E-state index in [2.05, 4.69) is 22.6 Å². The summed E-state index contributed by atoms with van der Waals surface area (Å²) in [6, 6.07) is 8.49. The fourth-order valence-electron chi connectivity index (χ4n) is 2.84. The first-order valence-corrected chi connectivity index (χ1v) is 9.48. The molecular weight excluding hydrogens is 413 g/mol. The zero-order chi connectivity index (χ0) is 14.8. The molecule has 3 rings (SSSR count). The molecule has 1 aliphatic carbocycles. The molecule has 0 bridgehead atoms. The molecule has 1 heterocycles. The largest absolute Gasteiger partial charge is 0.290 e. The second-order valence-electron chi connectivity index (χ2n) is 5.40. The normalized spacial score (nSPS) is 22.3. The van der Waals surface area contributed by atoms with Crippen LogP contribution in [0.15, 0.2) is 29.2 Å². The van der Waals surface area contributed by atoms with Crippen LogP contribution in [0, 0.1) is 3.57 Å². The lowest BCUT2D eigenvalue weighted by atomic mass is 9.94. The number of benzene rings is 1. The van der Waals surface area contributed by atoms with E-state index >= 15 is 0 Å². The molecule has 2 nitrogen and oxygen atoms in total. The van der Waals surface area contributed by atoms with E-state index in [1.54, 1.807) is 0 Å². The van der Waals surface area contributed by atoms with Gasteiger partial charge in [-0.15, -0.1) is 0 Å². The quantitative estimate of drug-likeness (QED) is 0.382. The van der Waals surface area contributed by atoms with Crippen molar-refractivity contribution in [2.24, 2.45) is 0 Å². The highest BCUT2D eigenvalue weighted by Gasteiger charge is 2.37. The highest BCUT2D eigenvalue weighted by molar-refractivity contribution is 14.1. The first-order valence-electron chi connectivity index (χ1n) is 7.18. The van der Waals surface area contributed by atoms with Crippen molar-refractivity contribution >= 4 is 62.9 Å². The summed E-state index contributed by atoms with van der Waals surface area (Å²) in [5.74, 6) is 0.0930. The molecule has 110 valence electrons. The van der Waals surface area contributed by atoms with Crippen molar-refractivity contribution in [2.45, 2.75) is 38.1 Å². The van der Waals surface area contributed by atoms with Gasteiger partial charge in [0.25, 0.3) is 5.91 Å². The fraction of sp³-hybridized carbons (Fsp3) is 0.375. The Morgan fingerprint density at radius 1 is 1.19 bits per heavy atom. The molecule has 21 heavy (non-hydrogen) atoms. The molecule has 0 N–H and O–H groups in total. The smallest absolute Gasteiger partial charge is 0.266 e. The lowest BCUT2D eigenvalue weighted by molar-refractivity contribution is -0.124. The summed E-state index contributed by atoms with van der Waals surface area (Å²) in [4.78, 5) is 15.2. The molecule has 1 aliphatic heterocycles. The molecular formula is C16H16INOS2. The highest BCUT2D eigenvalue weighted by Crippen LogP contribution is 2.37. The van der Waals surface area contributed by atoms with Crippen LogP contribution in [0.1, 0.15) is 37.7 Å². The third-order valence-electron chi connectivity index (χ3n) is 3.93. The predicted octanol–water partition coefficient (Wildman–Crippen LogP) is 4.83. The number of amides is 1. The van der Waals surface area contributed by atoms with Crippen molar-refractivity contribution in [1.82, 2.24) is 4.90 Å². The number of nitrogens with zero attached hydrogens (tertiary/aromatic N) is 1. The van der Waals surface area contributed by atoms with E-state index in [0.29, 0.717) is 6.04 Å². The van der Waals surface area contributed by atoms with E-state index in [9.17, 15) is 4.79 Å². The van der Waals surface area contributed by atoms with Gasteiger partial charge < -0.3 is 0 Å². The monoisotopic (exact) mass is 429 g/mol. The summed E-state index contributed by atoms with van der Waals surface area (Å²) in [5, 5.41) is 0. The maximum atomic E-state index is 12.6. The standard InChI is InChI=1S/C16H16INOS2/c17-12-8-6-11(7-9-12)10-14-15(19)18(16(20)21-14)13-4-2-1-3-5-13/h6-10,13H,1-5H2/b14-10-. The lowest BCUT2D eigenvalue weighted by Gasteiger charge is -2.29. The average Bonchev–Trinajstić information content (AvgIpc) is 2.77. The molecule has 0 spiro atoms. The number of carbonyl (C=O) groups excluding carboxylic acids is 1. The van der Waals surface area contributed by atoms with Crippen molar-refractivity contribution in [3.8, 4) is 0 Å². The fourth-order valence-corrected chi connectivity index (χ4v) is 4.60. The third kappa shape index (κ3) is 3.51. The van der Waals surface area contributed by atoms with Gasteiger partial charge in [-0.05, 0) is 59.2 Å². The van der Waals surface area contributed by atoms with Gasteiger partial charge in [0.2, 0.25) is 0 Å². The Kier molecular flexibility index (Phi) is 5.01. The first-order chi connectivity index (χ1) is 10.1. The minimum absolute atomic E-state index is 0.0930. The Morgan fingerprint density at radius 2 is 1.86 bits per heavy atom. The van der Waals surface area contributed by atoms with Crippen LogP contribution in [0.3, 0.4) is 0 Å². The van der Waals surface area contributed by atoms with Gasteiger partial charge in [-0.25, -0.2) is 0 Å². The van der Waals surface area contributed by atoms with Crippen molar-refractivity contribution < 1.29 is 4.79 Å². The molecule has 2 aliphatic rings. The number of hydrogen-bond donors (Lipinski definition) is 0. The molecule has 0 unspecified atom stereocenters. The minimum atomic E-state index is 0.0930. The molecule has 1 aromatic carbocycles. The van der Waals surface area contributed by atoms with Crippen molar-refractivity contribution in [3.63, 3.8) is 0 Å². The minimum Gasteiger partial charge on any atom is -0.290 e. The molecule has 0 aromatic heterocycles. The maximum absolute atomic E-state index is 12.6. The molecule has 0 radical (unpaired) electrons. The van der Waals surface area contributed by atoms with Crippen LogP contribution in [-0.2, 0) is 4.79 Å². The molecule has 1 aromatic rings. The zero-order valence-electron chi connectivity index (χ0n) is 11.5. The van der Waals surface area contributed by atoms with Crippen molar-refractivity contribution in [3.05, 3.63) is 38.3 Å². The Morgan fingerprint density at radius 3 is 2.52 bits per heavy atom. The predicted molar refractivity (Wildman–Crippen MR) is 101 cm³/mol. The number of hydrogen-bond acceptors (Lipinski definition) is 3. The number of thiocarbonyl (C=S) groups is 1. The Bertz CT molecular complexity index is 591. The molecule has 1 saturated carbocycles. The van der Waals surface area contributed by atoms with Gasteiger partial charge in [0.1, 0.15) is 4.32 Å². The first kappa shape index (κ1) is 15.5. The summed E-state index contributed by atoms with van der Waals surface area (Å²) in [5.41, 5.74) is 1.06. The van der Waals surface area contributed by atoms with Gasteiger partial charge in [-0.3, -0.25) is 9.69 Å². The highest BCUT2D eigenvalue weighted by atomic mass is 127. The SMILES string of the molecule is O=C1/C(=C/c2ccc(I)cc2)SC(=S)N1C1CCCCC1. The van der Waals surface area contributed by atoms with E-state index in [-0.39, 0.29) is 5.91 Å². The number of rotatable bonds is 2. The third-order valence-corrected chi connectivity index (χ3v) is 5.98. The van der Waals surface area contributed by atoms with E-state index < -0.39 is 0 Å². The lowest BCUT2D eigenvalue weighted by Crippen LogP contribution is -2.39. The van der Waals surface area contributed by atoms with E-state index in [0.717, 1.165) is 27.6 Å². The van der Waals surface area contributed by atoms with Gasteiger partial charge in [0, 0.05) is 9.61 Å².